The molecule has 1 unspecified atom stereocenters. The number of ether oxygens (including phenoxy) is 2. The van der Waals surface area contributed by atoms with Gasteiger partial charge in [-0.05, 0) is 29.6 Å². The van der Waals surface area contributed by atoms with Crippen molar-refractivity contribution in [2.24, 2.45) is 0 Å². The number of thiophene rings is 1. The first kappa shape index (κ1) is 19.9. The van der Waals surface area contributed by atoms with Crippen LogP contribution in [-0.4, -0.2) is 82.3 Å². The fraction of sp³-hybridized carbons (Fsp3) is 0.409. The van der Waals surface area contributed by atoms with Crippen molar-refractivity contribution in [3.05, 3.63) is 35.2 Å². The van der Waals surface area contributed by atoms with Crippen LogP contribution in [0.2, 0.25) is 0 Å². The third-order valence-electron chi connectivity index (χ3n) is 6.25. The maximum atomic E-state index is 13.2. The number of aromatic nitrogens is 2. The molecule has 0 saturated carbocycles. The van der Waals surface area contributed by atoms with Crippen LogP contribution >= 0.6 is 11.3 Å². The summed E-state index contributed by atoms with van der Waals surface area (Å²) in [5, 5.41) is 22.4. The van der Waals surface area contributed by atoms with E-state index in [0.29, 0.717) is 43.1 Å². The molecule has 2 aromatic heterocycles. The molecule has 3 aromatic rings. The Kier molecular flexibility index (Phi) is 4.76. The Morgan fingerprint density at radius 2 is 2.03 bits per heavy atom. The summed E-state index contributed by atoms with van der Waals surface area (Å²) in [4.78, 5) is 26.5. The van der Waals surface area contributed by atoms with Gasteiger partial charge in [0.2, 0.25) is 0 Å². The standard InChI is InChI=1S/C22H22N4O5S/c27-14-8-12(7-13(9-14)21(28)26-11-15-10-17(26)22(29)31-15)19-23-16-1-6-32-18(16)20(24-19)25-2-4-30-5-3-25/h1,6-9,15,17,22,27,29H,2-5,10-11H2/t15-,17-,22?/m1/s1. The van der Waals surface area contributed by atoms with Crippen LogP contribution < -0.4 is 4.90 Å². The van der Waals surface area contributed by atoms with Crippen molar-refractivity contribution in [1.82, 2.24) is 14.9 Å². The molecule has 10 heteroatoms. The van der Waals surface area contributed by atoms with E-state index < -0.39 is 6.29 Å². The van der Waals surface area contributed by atoms with E-state index in [2.05, 4.69) is 4.90 Å². The van der Waals surface area contributed by atoms with Gasteiger partial charge in [0.05, 0.1) is 35.6 Å². The number of hydrogen-bond donors (Lipinski definition) is 2. The van der Waals surface area contributed by atoms with Gasteiger partial charge in [0.15, 0.2) is 17.9 Å². The van der Waals surface area contributed by atoms with Gasteiger partial charge in [-0.1, -0.05) is 0 Å². The van der Waals surface area contributed by atoms with Gasteiger partial charge in [0, 0.05) is 37.2 Å². The lowest BCUT2D eigenvalue weighted by Gasteiger charge is -2.30. The molecule has 5 heterocycles. The van der Waals surface area contributed by atoms with E-state index in [9.17, 15) is 15.0 Å². The molecule has 3 aliphatic heterocycles. The minimum Gasteiger partial charge on any atom is -0.508 e. The van der Waals surface area contributed by atoms with Gasteiger partial charge in [0.1, 0.15) is 5.75 Å². The summed E-state index contributed by atoms with van der Waals surface area (Å²) >= 11 is 1.59. The zero-order valence-electron chi connectivity index (χ0n) is 17.2. The van der Waals surface area contributed by atoms with Crippen molar-refractivity contribution < 1.29 is 24.5 Å². The molecule has 6 rings (SSSR count). The molecule has 9 nitrogen and oxygen atoms in total. The lowest BCUT2D eigenvalue weighted by Crippen LogP contribution is -2.46. The van der Waals surface area contributed by atoms with Crippen LogP contribution in [0.25, 0.3) is 21.6 Å². The maximum Gasteiger partial charge on any atom is 0.254 e. The molecule has 32 heavy (non-hydrogen) atoms. The molecule has 2 N–H and O–H groups in total. The van der Waals surface area contributed by atoms with Crippen LogP contribution in [-0.2, 0) is 9.47 Å². The van der Waals surface area contributed by atoms with E-state index in [1.165, 1.54) is 6.07 Å². The largest absolute Gasteiger partial charge is 0.508 e. The fourth-order valence-corrected chi connectivity index (χ4v) is 5.56. The van der Waals surface area contributed by atoms with E-state index in [-0.39, 0.29) is 23.8 Å². The number of benzene rings is 1. The number of aromatic hydroxyl groups is 1. The Morgan fingerprint density at radius 3 is 2.81 bits per heavy atom. The summed E-state index contributed by atoms with van der Waals surface area (Å²) in [6, 6.07) is 6.31. The predicted octanol–water partition coefficient (Wildman–Crippen LogP) is 1.83. The summed E-state index contributed by atoms with van der Waals surface area (Å²) < 4.78 is 11.9. The summed E-state index contributed by atoms with van der Waals surface area (Å²) in [6.45, 7) is 3.21. The fourth-order valence-electron chi connectivity index (χ4n) is 4.71. The van der Waals surface area contributed by atoms with E-state index in [1.807, 2.05) is 11.4 Å². The number of anilines is 1. The molecule has 3 fully saturated rings. The average Bonchev–Trinajstić information content (AvgIpc) is 3.53. The normalized spacial score (nSPS) is 25.1. The highest BCUT2D eigenvalue weighted by Gasteiger charge is 2.47. The zero-order valence-corrected chi connectivity index (χ0v) is 18.0. The SMILES string of the molecule is O=C(c1cc(O)cc(-c2nc(N3CCOCC3)c3sccc3n2)c1)N1C[C@H]2C[C@@H]1C(O)O2. The number of phenolic OH excluding ortho intramolecular Hbond substituents is 1. The van der Waals surface area contributed by atoms with Gasteiger partial charge < -0.3 is 29.5 Å². The Balaban J connectivity index is 1.39. The van der Waals surface area contributed by atoms with Crippen molar-refractivity contribution in [2.45, 2.75) is 24.9 Å². The van der Waals surface area contributed by atoms with Crippen LogP contribution in [0.5, 0.6) is 5.75 Å². The second kappa shape index (κ2) is 7.66. The molecule has 166 valence electrons. The first-order chi connectivity index (χ1) is 15.6. The second-order valence-corrected chi connectivity index (χ2v) is 9.20. The number of amides is 1. The number of carbonyl (C=O) groups is 1. The number of fused-ring (bicyclic) bond motifs is 3. The molecule has 0 spiro atoms. The number of phenols is 1. The van der Waals surface area contributed by atoms with Crippen molar-refractivity contribution >= 4 is 33.3 Å². The summed E-state index contributed by atoms with van der Waals surface area (Å²) in [6.07, 6.45) is -0.481. The Bertz CT molecular complexity index is 1190. The molecule has 1 amide bonds. The van der Waals surface area contributed by atoms with E-state index in [0.717, 1.165) is 29.1 Å². The monoisotopic (exact) mass is 454 g/mol. The van der Waals surface area contributed by atoms with Crippen LogP contribution in [0.15, 0.2) is 29.6 Å². The summed E-state index contributed by atoms with van der Waals surface area (Å²) in [7, 11) is 0. The number of carbonyl (C=O) groups excluding carboxylic acids is 1. The van der Waals surface area contributed by atoms with Crippen LogP contribution in [0.1, 0.15) is 16.8 Å². The first-order valence-electron chi connectivity index (χ1n) is 10.6. The molecule has 1 aromatic carbocycles. The first-order valence-corrected chi connectivity index (χ1v) is 11.5. The Labute approximate surface area is 187 Å². The molecule has 3 atom stereocenters. The third-order valence-corrected chi connectivity index (χ3v) is 7.15. The van der Waals surface area contributed by atoms with Gasteiger partial charge in [-0.25, -0.2) is 9.97 Å². The van der Waals surface area contributed by atoms with Crippen molar-refractivity contribution in [3.8, 4) is 17.1 Å². The lowest BCUT2D eigenvalue weighted by atomic mass is 10.1. The smallest absolute Gasteiger partial charge is 0.254 e. The number of aliphatic hydroxyl groups excluding tert-OH is 1. The molecule has 0 aliphatic carbocycles. The lowest BCUT2D eigenvalue weighted by molar-refractivity contribution is -0.140. The molecule has 3 aliphatic rings. The van der Waals surface area contributed by atoms with Crippen LogP contribution in [0, 0.1) is 0 Å². The number of nitrogens with zero attached hydrogens (tertiary/aromatic N) is 4. The van der Waals surface area contributed by atoms with Crippen molar-refractivity contribution in [1.29, 1.82) is 0 Å². The Morgan fingerprint density at radius 1 is 1.19 bits per heavy atom. The molecular formula is C22H22N4O5S. The number of hydrogen-bond acceptors (Lipinski definition) is 9. The predicted molar refractivity (Wildman–Crippen MR) is 118 cm³/mol. The molecule has 0 radical (unpaired) electrons. The average molecular weight is 455 g/mol. The van der Waals surface area contributed by atoms with Crippen molar-refractivity contribution in [3.63, 3.8) is 0 Å². The maximum absolute atomic E-state index is 13.2. The highest BCUT2D eigenvalue weighted by atomic mass is 32.1. The number of aliphatic hydroxyl groups is 1. The molecular weight excluding hydrogens is 432 g/mol. The van der Waals surface area contributed by atoms with Gasteiger partial charge in [0.25, 0.3) is 5.91 Å². The minimum absolute atomic E-state index is 0.0334. The van der Waals surface area contributed by atoms with E-state index in [1.54, 1.807) is 28.4 Å². The molecule has 2 bridgehead atoms. The second-order valence-electron chi connectivity index (χ2n) is 8.28. The Hall–Kier alpha value is -2.79. The quantitative estimate of drug-likeness (QED) is 0.617. The van der Waals surface area contributed by atoms with Gasteiger partial charge in [-0.3, -0.25) is 4.79 Å². The van der Waals surface area contributed by atoms with Gasteiger partial charge in [-0.2, -0.15) is 0 Å². The third kappa shape index (κ3) is 3.30. The number of morpholine rings is 2. The summed E-state index contributed by atoms with van der Waals surface area (Å²) in [5.41, 5.74) is 1.73. The van der Waals surface area contributed by atoms with Crippen molar-refractivity contribution in [2.75, 3.05) is 37.7 Å². The van der Waals surface area contributed by atoms with Gasteiger partial charge in [-0.15, -0.1) is 11.3 Å². The minimum atomic E-state index is -0.963. The highest BCUT2D eigenvalue weighted by Crippen LogP contribution is 2.35. The summed E-state index contributed by atoms with van der Waals surface area (Å²) in [5.74, 6) is 1.02. The van der Waals surface area contributed by atoms with E-state index >= 15 is 0 Å². The van der Waals surface area contributed by atoms with E-state index in [4.69, 9.17) is 19.4 Å². The number of likely N-dealkylation sites (tertiary alicyclic amines) is 1. The highest BCUT2D eigenvalue weighted by molar-refractivity contribution is 7.17. The van der Waals surface area contributed by atoms with Crippen LogP contribution in [0.3, 0.4) is 0 Å². The topological polar surface area (TPSA) is 108 Å². The number of rotatable bonds is 3. The van der Waals surface area contributed by atoms with Crippen LogP contribution in [0.4, 0.5) is 5.82 Å². The zero-order chi connectivity index (χ0) is 21.8. The van der Waals surface area contributed by atoms with Gasteiger partial charge >= 0.3 is 0 Å². The molecule has 3 saturated heterocycles.